The number of fused-ring (bicyclic) bond motifs is 1. The highest BCUT2D eigenvalue weighted by Gasteiger charge is 2.05. The summed E-state index contributed by atoms with van der Waals surface area (Å²) in [5, 5.41) is 12.9. The third-order valence-corrected chi connectivity index (χ3v) is 3.51. The lowest BCUT2D eigenvalue weighted by atomic mass is 10.1. The maximum Gasteiger partial charge on any atom is 0.0696 e. The average molecular weight is 213 g/mol. The van der Waals surface area contributed by atoms with E-state index in [1.165, 1.54) is 4.70 Å². The van der Waals surface area contributed by atoms with Gasteiger partial charge >= 0.3 is 0 Å². The summed E-state index contributed by atoms with van der Waals surface area (Å²) >= 11 is 7.64. The monoisotopic (exact) mass is 212 g/mol. The first-order chi connectivity index (χ1) is 6.22. The van der Waals surface area contributed by atoms with E-state index in [0.717, 1.165) is 21.5 Å². The number of hydrogen-bond acceptors (Lipinski definition) is 2. The summed E-state index contributed by atoms with van der Waals surface area (Å²) in [6.07, 6.45) is 0. The van der Waals surface area contributed by atoms with Gasteiger partial charge in [0.25, 0.3) is 0 Å². The van der Waals surface area contributed by atoms with Crippen LogP contribution in [0, 0.1) is 6.92 Å². The molecule has 1 aromatic carbocycles. The maximum absolute atomic E-state index is 9.05. The van der Waals surface area contributed by atoms with Gasteiger partial charge in [0.15, 0.2) is 0 Å². The number of aliphatic hydroxyl groups is 1. The van der Waals surface area contributed by atoms with Gasteiger partial charge in [0.2, 0.25) is 0 Å². The quantitative estimate of drug-likeness (QED) is 0.769. The van der Waals surface area contributed by atoms with Gasteiger partial charge in [-0.05, 0) is 40.9 Å². The van der Waals surface area contributed by atoms with Crippen molar-refractivity contribution in [1.29, 1.82) is 0 Å². The topological polar surface area (TPSA) is 20.2 Å². The molecule has 0 spiro atoms. The molecule has 0 aliphatic carbocycles. The SMILES string of the molecule is Cc1cc2scc(CO)c2cc1Cl. The number of aliphatic hydroxyl groups excluding tert-OH is 1. The summed E-state index contributed by atoms with van der Waals surface area (Å²) in [6.45, 7) is 2.07. The molecule has 0 radical (unpaired) electrons. The fourth-order valence-corrected chi connectivity index (χ4v) is 2.52. The molecule has 0 saturated heterocycles. The van der Waals surface area contributed by atoms with Crippen LogP contribution in [0.2, 0.25) is 5.02 Å². The zero-order chi connectivity index (χ0) is 9.42. The lowest BCUT2D eigenvalue weighted by Crippen LogP contribution is -1.80. The fourth-order valence-electron chi connectivity index (χ4n) is 1.32. The minimum absolute atomic E-state index is 0.0827. The molecule has 3 heteroatoms. The van der Waals surface area contributed by atoms with Gasteiger partial charge in [-0.1, -0.05) is 11.6 Å². The minimum Gasteiger partial charge on any atom is -0.392 e. The first-order valence-corrected chi connectivity index (χ1v) is 5.25. The van der Waals surface area contributed by atoms with Crippen LogP contribution in [0.4, 0.5) is 0 Å². The van der Waals surface area contributed by atoms with Crippen LogP contribution < -0.4 is 0 Å². The molecule has 0 bridgehead atoms. The third-order valence-electron chi connectivity index (χ3n) is 2.11. The number of halogens is 1. The van der Waals surface area contributed by atoms with Crippen molar-refractivity contribution in [3.63, 3.8) is 0 Å². The second kappa shape index (κ2) is 3.29. The van der Waals surface area contributed by atoms with Gasteiger partial charge in [-0.25, -0.2) is 0 Å². The molecule has 0 atom stereocenters. The van der Waals surface area contributed by atoms with E-state index in [1.54, 1.807) is 11.3 Å². The van der Waals surface area contributed by atoms with E-state index in [1.807, 2.05) is 18.4 Å². The van der Waals surface area contributed by atoms with Crippen molar-refractivity contribution in [2.24, 2.45) is 0 Å². The molecule has 1 N–H and O–H groups in total. The average Bonchev–Trinajstić information content (AvgIpc) is 2.48. The summed E-state index contributed by atoms with van der Waals surface area (Å²) < 4.78 is 1.19. The zero-order valence-electron chi connectivity index (χ0n) is 7.17. The highest BCUT2D eigenvalue weighted by atomic mass is 35.5. The number of rotatable bonds is 1. The van der Waals surface area contributed by atoms with Gasteiger partial charge in [-0.15, -0.1) is 11.3 Å². The van der Waals surface area contributed by atoms with Crippen molar-refractivity contribution in [2.75, 3.05) is 0 Å². The second-order valence-corrected chi connectivity index (χ2v) is 4.34. The summed E-state index contributed by atoms with van der Waals surface area (Å²) in [4.78, 5) is 0. The molecule has 1 nitrogen and oxygen atoms in total. The molecule has 0 fully saturated rings. The Balaban J connectivity index is 2.77. The fraction of sp³-hybridized carbons (Fsp3) is 0.200. The van der Waals surface area contributed by atoms with Crippen LogP contribution in [0.15, 0.2) is 17.5 Å². The largest absolute Gasteiger partial charge is 0.392 e. The highest BCUT2D eigenvalue weighted by molar-refractivity contribution is 7.17. The maximum atomic E-state index is 9.05. The van der Waals surface area contributed by atoms with E-state index < -0.39 is 0 Å². The van der Waals surface area contributed by atoms with Crippen LogP contribution in [-0.2, 0) is 6.61 Å². The van der Waals surface area contributed by atoms with Gasteiger partial charge in [0, 0.05) is 9.72 Å². The molecular formula is C10H9ClOS. The lowest BCUT2D eigenvalue weighted by Gasteiger charge is -1.98. The van der Waals surface area contributed by atoms with Crippen molar-refractivity contribution >= 4 is 33.0 Å². The smallest absolute Gasteiger partial charge is 0.0696 e. The Kier molecular flexibility index (Phi) is 2.28. The minimum atomic E-state index is 0.0827. The lowest BCUT2D eigenvalue weighted by molar-refractivity contribution is 0.284. The van der Waals surface area contributed by atoms with Crippen molar-refractivity contribution in [1.82, 2.24) is 0 Å². The van der Waals surface area contributed by atoms with Crippen molar-refractivity contribution in [2.45, 2.75) is 13.5 Å². The summed E-state index contributed by atoms with van der Waals surface area (Å²) in [6, 6.07) is 3.98. The van der Waals surface area contributed by atoms with Gasteiger partial charge in [-0.2, -0.15) is 0 Å². The van der Waals surface area contributed by atoms with Crippen molar-refractivity contribution in [3.8, 4) is 0 Å². The molecule has 1 aromatic heterocycles. The molecule has 13 heavy (non-hydrogen) atoms. The summed E-state index contributed by atoms with van der Waals surface area (Å²) in [5.74, 6) is 0. The Morgan fingerprint density at radius 1 is 1.46 bits per heavy atom. The van der Waals surface area contributed by atoms with Crippen LogP contribution in [0.3, 0.4) is 0 Å². The van der Waals surface area contributed by atoms with Crippen LogP contribution >= 0.6 is 22.9 Å². The Hall–Kier alpha value is -0.570. The Bertz CT molecular complexity index is 447. The van der Waals surface area contributed by atoms with Crippen LogP contribution in [0.25, 0.3) is 10.1 Å². The molecular weight excluding hydrogens is 204 g/mol. The normalized spacial score (nSPS) is 11.0. The molecule has 0 amide bonds. The number of thiophene rings is 1. The van der Waals surface area contributed by atoms with Gasteiger partial charge < -0.3 is 5.11 Å². The predicted octanol–water partition coefficient (Wildman–Crippen LogP) is 3.36. The third kappa shape index (κ3) is 1.46. The molecule has 0 saturated carbocycles. The first-order valence-electron chi connectivity index (χ1n) is 3.99. The van der Waals surface area contributed by atoms with E-state index in [4.69, 9.17) is 16.7 Å². The highest BCUT2D eigenvalue weighted by Crippen LogP contribution is 2.30. The van der Waals surface area contributed by atoms with Gasteiger partial charge in [0.05, 0.1) is 6.61 Å². The summed E-state index contributed by atoms with van der Waals surface area (Å²) in [7, 11) is 0. The molecule has 0 aliphatic rings. The van der Waals surface area contributed by atoms with Gasteiger partial charge in [0.1, 0.15) is 0 Å². The molecule has 1 heterocycles. The van der Waals surface area contributed by atoms with E-state index in [0.29, 0.717) is 0 Å². The van der Waals surface area contributed by atoms with Crippen molar-refractivity contribution in [3.05, 3.63) is 33.7 Å². The van der Waals surface area contributed by atoms with E-state index in [2.05, 4.69) is 6.07 Å². The standard InChI is InChI=1S/C10H9ClOS/c1-6-2-10-8(3-9(6)11)7(4-12)5-13-10/h2-3,5,12H,4H2,1H3. The Labute approximate surface area is 85.6 Å². The number of aryl methyl sites for hydroxylation is 1. The molecule has 2 rings (SSSR count). The Morgan fingerprint density at radius 3 is 2.92 bits per heavy atom. The van der Waals surface area contributed by atoms with Gasteiger partial charge in [-0.3, -0.25) is 0 Å². The zero-order valence-corrected chi connectivity index (χ0v) is 8.75. The van der Waals surface area contributed by atoms with Crippen LogP contribution in [0.5, 0.6) is 0 Å². The molecule has 0 aliphatic heterocycles. The Morgan fingerprint density at radius 2 is 2.23 bits per heavy atom. The van der Waals surface area contributed by atoms with E-state index in [9.17, 15) is 0 Å². The predicted molar refractivity (Wildman–Crippen MR) is 57.5 cm³/mol. The van der Waals surface area contributed by atoms with E-state index >= 15 is 0 Å². The molecule has 2 aromatic rings. The van der Waals surface area contributed by atoms with Crippen LogP contribution in [-0.4, -0.2) is 5.11 Å². The number of hydrogen-bond donors (Lipinski definition) is 1. The molecule has 0 unspecified atom stereocenters. The second-order valence-electron chi connectivity index (χ2n) is 3.02. The number of benzene rings is 1. The van der Waals surface area contributed by atoms with Crippen molar-refractivity contribution < 1.29 is 5.11 Å². The summed E-state index contributed by atoms with van der Waals surface area (Å²) in [5.41, 5.74) is 2.04. The van der Waals surface area contributed by atoms with Crippen LogP contribution in [0.1, 0.15) is 11.1 Å². The first kappa shape index (κ1) is 9.00. The van der Waals surface area contributed by atoms with E-state index in [-0.39, 0.29) is 6.61 Å². The molecule has 68 valence electrons.